The molecule has 0 aliphatic carbocycles. The average Bonchev–Trinajstić information content (AvgIpc) is 2.88. The highest BCUT2D eigenvalue weighted by molar-refractivity contribution is 9.10. The van der Waals surface area contributed by atoms with Crippen LogP contribution in [0.2, 0.25) is 0 Å². The van der Waals surface area contributed by atoms with Crippen LogP contribution in [0.3, 0.4) is 0 Å². The topological polar surface area (TPSA) is 56.5 Å². The second kappa shape index (κ2) is 10.1. The fourth-order valence-electron chi connectivity index (χ4n) is 3.81. The molecule has 172 valence electrons. The van der Waals surface area contributed by atoms with Crippen molar-refractivity contribution in [2.45, 2.75) is 13.5 Å². The average molecular weight is 524 g/mol. The number of benzene rings is 4. The highest BCUT2D eigenvalue weighted by Crippen LogP contribution is 2.27. The lowest BCUT2D eigenvalue weighted by molar-refractivity contribution is 0.304. The molecule has 6 heteroatoms. The zero-order valence-electron chi connectivity index (χ0n) is 19.1. The number of aromatic nitrogens is 2. The Hall–Kier alpha value is -4.03. The number of fused-ring (bicyclic) bond motifs is 1. The first-order chi connectivity index (χ1) is 17.1. The van der Waals surface area contributed by atoms with Gasteiger partial charge in [0.1, 0.15) is 12.4 Å². The normalized spacial score (nSPS) is 11.3. The van der Waals surface area contributed by atoms with Gasteiger partial charge in [-0.25, -0.2) is 4.98 Å². The highest BCUT2D eigenvalue weighted by Gasteiger charge is 2.12. The van der Waals surface area contributed by atoms with Crippen molar-refractivity contribution in [3.8, 4) is 17.1 Å². The van der Waals surface area contributed by atoms with E-state index in [0.29, 0.717) is 23.3 Å². The summed E-state index contributed by atoms with van der Waals surface area (Å²) in [4.78, 5) is 18.0. The summed E-state index contributed by atoms with van der Waals surface area (Å²) < 4.78 is 8.14. The lowest BCUT2D eigenvalue weighted by Crippen LogP contribution is -2.20. The van der Waals surface area contributed by atoms with Crippen LogP contribution in [0.25, 0.3) is 22.3 Å². The van der Waals surface area contributed by atoms with Gasteiger partial charge in [-0.3, -0.25) is 4.79 Å². The van der Waals surface area contributed by atoms with E-state index in [2.05, 4.69) is 40.1 Å². The van der Waals surface area contributed by atoms with Crippen LogP contribution in [-0.2, 0) is 6.61 Å². The number of nitrogens with zero attached hydrogens (tertiary/aromatic N) is 3. The van der Waals surface area contributed by atoms with Gasteiger partial charge in [0.2, 0.25) is 0 Å². The fourth-order valence-corrected chi connectivity index (χ4v) is 4.32. The van der Waals surface area contributed by atoms with Crippen molar-refractivity contribution in [3.05, 3.63) is 129 Å². The molecule has 5 aromatic rings. The third-order valence-electron chi connectivity index (χ3n) is 5.54. The minimum absolute atomic E-state index is 0.220. The molecule has 1 heterocycles. The summed E-state index contributed by atoms with van der Waals surface area (Å²) in [5.41, 5.74) is 4.36. The molecule has 0 saturated carbocycles. The number of rotatable bonds is 6. The molecule has 5 rings (SSSR count). The van der Waals surface area contributed by atoms with Crippen LogP contribution in [0, 0.1) is 6.92 Å². The lowest BCUT2D eigenvalue weighted by Gasteiger charge is -2.10. The molecule has 5 nitrogen and oxygen atoms in total. The summed E-state index contributed by atoms with van der Waals surface area (Å²) in [7, 11) is 0. The number of hydrogen-bond donors (Lipinski definition) is 0. The van der Waals surface area contributed by atoms with Crippen LogP contribution in [0.4, 0.5) is 0 Å². The summed E-state index contributed by atoms with van der Waals surface area (Å²) in [6, 6.07) is 30.8. The Morgan fingerprint density at radius 2 is 1.74 bits per heavy atom. The van der Waals surface area contributed by atoms with Crippen molar-refractivity contribution < 1.29 is 4.74 Å². The zero-order valence-corrected chi connectivity index (χ0v) is 20.6. The molecule has 0 atom stereocenters. The van der Waals surface area contributed by atoms with Crippen LogP contribution in [0.1, 0.15) is 16.7 Å². The largest absolute Gasteiger partial charge is 0.488 e. The molecule has 0 unspecified atom stereocenters. The number of halogens is 1. The summed E-state index contributed by atoms with van der Waals surface area (Å²) in [6.07, 6.45) is 1.65. The van der Waals surface area contributed by atoms with Gasteiger partial charge in [0.25, 0.3) is 5.56 Å². The minimum Gasteiger partial charge on any atom is -0.488 e. The molecule has 0 spiro atoms. The summed E-state index contributed by atoms with van der Waals surface area (Å²) in [5, 5.41) is 5.05. The van der Waals surface area contributed by atoms with Gasteiger partial charge in [0, 0.05) is 5.56 Å². The Kier molecular flexibility index (Phi) is 6.55. The lowest BCUT2D eigenvalue weighted by atomic mass is 10.1. The standard InChI is InChI=1S/C29H22BrN3O2/c1-20-8-7-9-22(16-20)19-35-27-15-14-21(17-25(27)30)18-31-33-28(23-10-3-2-4-11-23)32-26-13-6-5-12-24(26)29(33)34/h2-18H,19H2,1H3. The van der Waals surface area contributed by atoms with Gasteiger partial charge in [0.15, 0.2) is 5.82 Å². The quantitative estimate of drug-likeness (QED) is 0.235. The number of aryl methyl sites for hydroxylation is 1. The van der Waals surface area contributed by atoms with Gasteiger partial charge in [-0.1, -0.05) is 72.3 Å². The monoisotopic (exact) mass is 523 g/mol. The molecule has 0 aliphatic heterocycles. The van der Waals surface area contributed by atoms with E-state index >= 15 is 0 Å². The van der Waals surface area contributed by atoms with Gasteiger partial charge in [0.05, 0.1) is 21.6 Å². The molecule has 0 N–H and O–H groups in total. The first-order valence-electron chi connectivity index (χ1n) is 11.2. The number of para-hydroxylation sites is 1. The van der Waals surface area contributed by atoms with Crippen LogP contribution in [0.5, 0.6) is 5.75 Å². The fraction of sp³-hybridized carbons (Fsp3) is 0.0690. The Bertz CT molecular complexity index is 1590. The molecule has 0 radical (unpaired) electrons. The predicted molar refractivity (Wildman–Crippen MR) is 144 cm³/mol. The van der Waals surface area contributed by atoms with E-state index in [9.17, 15) is 4.79 Å². The summed E-state index contributed by atoms with van der Waals surface area (Å²) in [6.45, 7) is 2.54. The van der Waals surface area contributed by atoms with Crippen molar-refractivity contribution >= 4 is 33.0 Å². The van der Waals surface area contributed by atoms with Crippen LogP contribution in [-0.4, -0.2) is 15.9 Å². The molecule has 0 amide bonds. The summed E-state index contributed by atoms with van der Waals surface area (Å²) in [5.74, 6) is 1.22. The van der Waals surface area contributed by atoms with Gasteiger partial charge in [-0.05, 0) is 64.3 Å². The van der Waals surface area contributed by atoms with Crippen LogP contribution < -0.4 is 10.3 Å². The number of hydrogen-bond acceptors (Lipinski definition) is 4. The Labute approximate surface area is 211 Å². The van der Waals surface area contributed by atoms with Crippen molar-refractivity contribution in [1.82, 2.24) is 9.66 Å². The van der Waals surface area contributed by atoms with E-state index in [0.717, 1.165) is 26.9 Å². The van der Waals surface area contributed by atoms with Crippen molar-refractivity contribution in [1.29, 1.82) is 0 Å². The van der Waals surface area contributed by atoms with Crippen molar-refractivity contribution in [3.63, 3.8) is 0 Å². The van der Waals surface area contributed by atoms with Gasteiger partial charge >= 0.3 is 0 Å². The molecule has 0 bridgehead atoms. The van der Waals surface area contributed by atoms with E-state index in [1.807, 2.05) is 78.9 Å². The molecule has 0 fully saturated rings. The second-order valence-electron chi connectivity index (χ2n) is 8.15. The van der Waals surface area contributed by atoms with Gasteiger partial charge in [-0.2, -0.15) is 9.78 Å². The zero-order chi connectivity index (χ0) is 24.2. The molecule has 0 saturated heterocycles. The summed E-state index contributed by atoms with van der Waals surface area (Å²) >= 11 is 3.59. The first kappa shape index (κ1) is 22.7. The Morgan fingerprint density at radius 3 is 2.54 bits per heavy atom. The van der Waals surface area contributed by atoms with Crippen LogP contribution in [0.15, 0.2) is 111 Å². The van der Waals surface area contributed by atoms with Crippen LogP contribution >= 0.6 is 15.9 Å². The first-order valence-corrected chi connectivity index (χ1v) is 12.0. The molecule has 4 aromatic carbocycles. The van der Waals surface area contributed by atoms with Crippen molar-refractivity contribution in [2.75, 3.05) is 0 Å². The third-order valence-corrected chi connectivity index (χ3v) is 6.16. The number of ether oxygens (including phenoxy) is 1. The maximum Gasteiger partial charge on any atom is 0.282 e. The maximum absolute atomic E-state index is 13.3. The molecular weight excluding hydrogens is 502 g/mol. The molecule has 35 heavy (non-hydrogen) atoms. The van der Waals surface area contributed by atoms with E-state index in [1.54, 1.807) is 12.3 Å². The maximum atomic E-state index is 13.3. The molecule has 0 aliphatic rings. The SMILES string of the molecule is Cc1cccc(COc2ccc(C=Nn3c(-c4ccccc4)nc4ccccc4c3=O)cc2Br)c1. The smallest absolute Gasteiger partial charge is 0.282 e. The van der Waals surface area contributed by atoms with Gasteiger partial charge in [-0.15, -0.1) is 0 Å². The minimum atomic E-state index is -0.220. The van der Waals surface area contributed by atoms with E-state index in [4.69, 9.17) is 9.72 Å². The van der Waals surface area contributed by atoms with E-state index in [1.165, 1.54) is 10.2 Å². The van der Waals surface area contributed by atoms with E-state index < -0.39 is 0 Å². The third kappa shape index (κ3) is 5.08. The van der Waals surface area contributed by atoms with Gasteiger partial charge < -0.3 is 4.74 Å². The predicted octanol–water partition coefficient (Wildman–Crippen LogP) is 6.60. The van der Waals surface area contributed by atoms with Crippen molar-refractivity contribution in [2.24, 2.45) is 5.10 Å². The highest BCUT2D eigenvalue weighted by atomic mass is 79.9. The molecule has 1 aromatic heterocycles. The second-order valence-corrected chi connectivity index (χ2v) is 9.00. The Balaban J connectivity index is 1.46. The van der Waals surface area contributed by atoms with E-state index in [-0.39, 0.29) is 5.56 Å². The molecular formula is C29H22BrN3O2. The Morgan fingerprint density at radius 1 is 0.943 bits per heavy atom.